The second kappa shape index (κ2) is 6.13. The van der Waals surface area contributed by atoms with E-state index in [0.717, 1.165) is 4.90 Å². The smallest absolute Gasteiger partial charge is 0.232 e. The van der Waals surface area contributed by atoms with Crippen LogP contribution in [0.25, 0.3) is 0 Å². The third-order valence-corrected chi connectivity index (χ3v) is 3.55. The molecule has 2 rings (SSSR count). The zero-order valence-corrected chi connectivity index (χ0v) is 12.3. The van der Waals surface area contributed by atoms with Crippen LogP contribution in [0, 0.1) is 5.92 Å². The van der Waals surface area contributed by atoms with Crippen molar-refractivity contribution in [2.75, 3.05) is 17.6 Å². The van der Waals surface area contributed by atoms with Crippen LogP contribution < -0.4 is 11.1 Å². The molecule has 1 saturated heterocycles. The summed E-state index contributed by atoms with van der Waals surface area (Å²) in [6.45, 7) is 1.79. The summed E-state index contributed by atoms with van der Waals surface area (Å²) >= 11 is 5.77. The molecule has 1 aliphatic heterocycles. The third kappa shape index (κ3) is 3.52. The van der Waals surface area contributed by atoms with E-state index in [0.29, 0.717) is 16.4 Å². The minimum atomic E-state index is -0.316. The molecule has 1 heterocycles. The molecular formula is C14H16ClN3O3. The van der Waals surface area contributed by atoms with Gasteiger partial charge in [-0.1, -0.05) is 18.5 Å². The highest BCUT2D eigenvalue weighted by Gasteiger charge is 2.35. The number of hydrogen-bond donors (Lipinski definition) is 2. The number of carbonyl (C=O) groups excluding carboxylic acids is 3. The molecule has 1 aromatic carbocycles. The average Bonchev–Trinajstić information content (AvgIpc) is 2.65. The third-order valence-electron chi connectivity index (χ3n) is 3.32. The van der Waals surface area contributed by atoms with Crippen LogP contribution in [-0.2, 0) is 14.4 Å². The summed E-state index contributed by atoms with van der Waals surface area (Å²) in [6, 6.07) is 4.75. The van der Waals surface area contributed by atoms with Gasteiger partial charge in [0.25, 0.3) is 0 Å². The number of carbonyl (C=O) groups is 3. The number of benzene rings is 1. The molecule has 7 heteroatoms. The lowest BCUT2D eigenvalue weighted by atomic mass is 10.1. The molecule has 1 fully saturated rings. The van der Waals surface area contributed by atoms with Crippen molar-refractivity contribution in [1.82, 2.24) is 4.90 Å². The minimum absolute atomic E-state index is 0.0340. The fourth-order valence-corrected chi connectivity index (χ4v) is 2.34. The number of nitrogens with one attached hydrogen (secondary N) is 1. The Morgan fingerprint density at radius 3 is 2.76 bits per heavy atom. The van der Waals surface area contributed by atoms with Crippen molar-refractivity contribution >= 4 is 40.7 Å². The van der Waals surface area contributed by atoms with Gasteiger partial charge in [-0.05, 0) is 18.2 Å². The Morgan fingerprint density at radius 1 is 1.48 bits per heavy atom. The largest absolute Gasteiger partial charge is 0.397 e. The maximum atomic E-state index is 11.9. The van der Waals surface area contributed by atoms with E-state index in [4.69, 9.17) is 17.3 Å². The quantitative estimate of drug-likeness (QED) is 0.653. The summed E-state index contributed by atoms with van der Waals surface area (Å²) in [6.07, 6.45) is 0.247. The van der Waals surface area contributed by atoms with Crippen molar-refractivity contribution in [2.45, 2.75) is 19.8 Å². The average molecular weight is 310 g/mol. The fraction of sp³-hybridized carbons (Fsp3) is 0.357. The van der Waals surface area contributed by atoms with Crippen LogP contribution in [0.5, 0.6) is 0 Å². The summed E-state index contributed by atoms with van der Waals surface area (Å²) in [5.74, 6) is -1.07. The fourth-order valence-electron chi connectivity index (χ4n) is 2.16. The summed E-state index contributed by atoms with van der Waals surface area (Å²) in [5.41, 5.74) is 6.55. The van der Waals surface area contributed by atoms with Crippen LogP contribution in [0.4, 0.5) is 11.4 Å². The predicted octanol–water partition coefficient (Wildman–Crippen LogP) is 1.65. The lowest BCUT2D eigenvalue weighted by Gasteiger charge is -2.14. The van der Waals surface area contributed by atoms with Gasteiger partial charge in [0.15, 0.2) is 0 Å². The monoisotopic (exact) mass is 309 g/mol. The van der Waals surface area contributed by atoms with Gasteiger partial charge >= 0.3 is 0 Å². The molecule has 0 aliphatic carbocycles. The summed E-state index contributed by atoms with van der Waals surface area (Å²) in [5, 5.41) is 3.11. The lowest BCUT2D eigenvalue weighted by Crippen LogP contribution is -2.33. The molecular weight excluding hydrogens is 294 g/mol. The van der Waals surface area contributed by atoms with Gasteiger partial charge in [0.1, 0.15) is 0 Å². The van der Waals surface area contributed by atoms with Gasteiger partial charge in [0.05, 0.1) is 11.4 Å². The number of nitrogens with two attached hydrogens (primary N) is 1. The van der Waals surface area contributed by atoms with Crippen molar-refractivity contribution in [3.63, 3.8) is 0 Å². The normalized spacial score (nSPS) is 18.2. The molecule has 1 aliphatic rings. The molecule has 3 N–H and O–H groups in total. The van der Waals surface area contributed by atoms with Crippen molar-refractivity contribution < 1.29 is 14.4 Å². The Bertz CT molecular complexity index is 603. The molecule has 0 saturated carbocycles. The Kier molecular flexibility index (Phi) is 4.47. The van der Waals surface area contributed by atoms with Gasteiger partial charge < -0.3 is 11.1 Å². The zero-order chi connectivity index (χ0) is 15.6. The van der Waals surface area contributed by atoms with E-state index in [1.807, 2.05) is 0 Å². The number of amides is 3. The Labute approximate surface area is 127 Å². The molecule has 0 bridgehead atoms. The molecule has 21 heavy (non-hydrogen) atoms. The second-order valence-corrected chi connectivity index (χ2v) is 5.45. The van der Waals surface area contributed by atoms with Crippen molar-refractivity contribution in [2.24, 2.45) is 5.92 Å². The first-order valence-corrected chi connectivity index (χ1v) is 6.95. The first-order chi connectivity index (χ1) is 9.88. The van der Waals surface area contributed by atoms with Gasteiger partial charge in [-0.3, -0.25) is 19.3 Å². The number of halogens is 1. The van der Waals surface area contributed by atoms with Gasteiger partial charge in [-0.15, -0.1) is 0 Å². The highest BCUT2D eigenvalue weighted by molar-refractivity contribution is 6.31. The number of likely N-dealkylation sites (tertiary alicyclic amines) is 1. The van der Waals surface area contributed by atoms with E-state index in [1.165, 1.54) is 6.07 Å². The summed E-state index contributed by atoms with van der Waals surface area (Å²) < 4.78 is 0. The lowest BCUT2D eigenvalue weighted by molar-refractivity contribution is -0.139. The standard InChI is InChI=1S/C14H16ClN3O3/c1-8-6-13(20)18(14(8)21)5-4-12(19)17-11-3-2-9(15)7-10(11)16/h2-3,7-8H,4-6,16H2,1H3,(H,17,19). The molecule has 1 atom stereocenters. The first-order valence-electron chi connectivity index (χ1n) is 6.57. The maximum Gasteiger partial charge on any atom is 0.232 e. The number of rotatable bonds is 4. The SMILES string of the molecule is CC1CC(=O)N(CCC(=O)Nc2ccc(Cl)cc2N)C1=O. The van der Waals surface area contributed by atoms with Crippen molar-refractivity contribution in [1.29, 1.82) is 0 Å². The number of imide groups is 1. The van der Waals surface area contributed by atoms with Crippen LogP contribution in [0.1, 0.15) is 19.8 Å². The molecule has 3 amide bonds. The molecule has 0 radical (unpaired) electrons. The summed E-state index contributed by atoms with van der Waals surface area (Å²) in [4.78, 5) is 36.3. The Hall–Kier alpha value is -2.08. The Morgan fingerprint density at radius 2 is 2.19 bits per heavy atom. The van der Waals surface area contributed by atoms with Gasteiger partial charge in [-0.25, -0.2) is 0 Å². The van der Waals surface area contributed by atoms with E-state index >= 15 is 0 Å². The summed E-state index contributed by atoms with van der Waals surface area (Å²) in [7, 11) is 0. The van der Waals surface area contributed by atoms with Gasteiger partial charge in [0, 0.05) is 30.3 Å². The highest BCUT2D eigenvalue weighted by atomic mass is 35.5. The van der Waals surface area contributed by atoms with Crippen LogP contribution in [0.3, 0.4) is 0 Å². The maximum absolute atomic E-state index is 11.9. The van der Waals surface area contributed by atoms with Crippen LogP contribution in [0.2, 0.25) is 5.02 Å². The van der Waals surface area contributed by atoms with E-state index in [-0.39, 0.29) is 43.0 Å². The Balaban J connectivity index is 1.91. The molecule has 112 valence electrons. The van der Waals surface area contributed by atoms with Crippen LogP contribution in [-0.4, -0.2) is 29.2 Å². The first kappa shape index (κ1) is 15.3. The van der Waals surface area contributed by atoms with E-state index in [9.17, 15) is 14.4 Å². The molecule has 1 aromatic rings. The van der Waals surface area contributed by atoms with E-state index < -0.39 is 0 Å². The zero-order valence-electron chi connectivity index (χ0n) is 11.6. The number of hydrogen-bond acceptors (Lipinski definition) is 4. The molecule has 0 aromatic heterocycles. The van der Waals surface area contributed by atoms with Crippen LogP contribution in [0.15, 0.2) is 18.2 Å². The highest BCUT2D eigenvalue weighted by Crippen LogP contribution is 2.23. The molecule has 1 unspecified atom stereocenters. The van der Waals surface area contributed by atoms with Gasteiger partial charge in [0.2, 0.25) is 17.7 Å². The predicted molar refractivity (Wildman–Crippen MR) is 79.6 cm³/mol. The number of nitrogens with zero attached hydrogens (tertiary/aromatic N) is 1. The van der Waals surface area contributed by atoms with Crippen LogP contribution >= 0.6 is 11.6 Å². The van der Waals surface area contributed by atoms with Gasteiger partial charge in [-0.2, -0.15) is 0 Å². The minimum Gasteiger partial charge on any atom is -0.397 e. The molecule has 0 spiro atoms. The number of anilines is 2. The number of nitrogen functional groups attached to an aromatic ring is 1. The van der Waals surface area contributed by atoms with E-state index in [1.54, 1.807) is 19.1 Å². The molecule has 6 nitrogen and oxygen atoms in total. The topological polar surface area (TPSA) is 92.5 Å². The second-order valence-electron chi connectivity index (χ2n) is 5.02. The van der Waals surface area contributed by atoms with Crippen molar-refractivity contribution in [3.05, 3.63) is 23.2 Å². The van der Waals surface area contributed by atoms with E-state index in [2.05, 4.69) is 5.32 Å². The van der Waals surface area contributed by atoms with Crippen molar-refractivity contribution in [3.8, 4) is 0 Å².